The number of ether oxygens (including phenoxy) is 1. The summed E-state index contributed by atoms with van der Waals surface area (Å²) in [4.78, 5) is 5.02. The molecule has 0 atom stereocenters. The first-order chi connectivity index (χ1) is 13.8. The molecule has 1 aliphatic rings. The number of benzene rings is 2. The SMILES string of the molecule is Nc1n[nH]c2cc(C3CCCC3)nc(-c3ccc(Oc4ccccc4)cc3)c12. The number of nitrogens with two attached hydrogens (primary N) is 1. The van der Waals surface area contributed by atoms with Gasteiger partial charge in [0.1, 0.15) is 11.5 Å². The van der Waals surface area contributed by atoms with Crippen molar-refractivity contribution in [2.24, 2.45) is 0 Å². The van der Waals surface area contributed by atoms with Crippen LogP contribution in [0.4, 0.5) is 5.82 Å². The molecule has 5 nitrogen and oxygen atoms in total. The highest BCUT2D eigenvalue weighted by Gasteiger charge is 2.22. The van der Waals surface area contributed by atoms with Gasteiger partial charge < -0.3 is 10.5 Å². The van der Waals surface area contributed by atoms with E-state index in [4.69, 9.17) is 15.5 Å². The molecule has 0 unspecified atom stereocenters. The number of hydrogen-bond donors (Lipinski definition) is 2. The standard InChI is InChI=1S/C23H22N4O/c24-23-21-20(26-27-23)14-19(15-6-4-5-7-15)25-22(21)16-10-12-18(13-11-16)28-17-8-2-1-3-9-17/h1-3,8-15H,4-7H2,(H3,24,26,27). The van der Waals surface area contributed by atoms with E-state index in [1.165, 1.54) is 25.7 Å². The van der Waals surface area contributed by atoms with Gasteiger partial charge in [-0.1, -0.05) is 31.0 Å². The van der Waals surface area contributed by atoms with E-state index in [2.05, 4.69) is 16.3 Å². The van der Waals surface area contributed by atoms with Gasteiger partial charge in [-0.2, -0.15) is 5.10 Å². The van der Waals surface area contributed by atoms with Gasteiger partial charge in [-0.25, -0.2) is 0 Å². The van der Waals surface area contributed by atoms with Crippen LogP contribution in [-0.2, 0) is 0 Å². The average Bonchev–Trinajstić information content (AvgIpc) is 3.39. The van der Waals surface area contributed by atoms with Crippen molar-refractivity contribution in [3.05, 3.63) is 66.4 Å². The minimum atomic E-state index is 0.486. The third kappa shape index (κ3) is 3.09. The zero-order valence-electron chi connectivity index (χ0n) is 15.6. The predicted octanol–water partition coefficient (Wildman–Crippen LogP) is 5.66. The first-order valence-electron chi connectivity index (χ1n) is 9.76. The third-order valence-corrected chi connectivity index (χ3v) is 5.47. The van der Waals surface area contributed by atoms with Crippen LogP contribution in [0.2, 0.25) is 0 Å². The third-order valence-electron chi connectivity index (χ3n) is 5.47. The van der Waals surface area contributed by atoms with Gasteiger partial charge in [0.15, 0.2) is 5.82 Å². The summed E-state index contributed by atoms with van der Waals surface area (Å²) in [6.45, 7) is 0. The number of anilines is 1. The number of pyridine rings is 1. The van der Waals surface area contributed by atoms with Gasteiger partial charge >= 0.3 is 0 Å². The van der Waals surface area contributed by atoms with Crippen LogP contribution in [0.15, 0.2) is 60.7 Å². The van der Waals surface area contributed by atoms with Crippen molar-refractivity contribution >= 4 is 16.7 Å². The van der Waals surface area contributed by atoms with Gasteiger partial charge in [0.2, 0.25) is 0 Å². The highest BCUT2D eigenvalue weighted by atomic mass is 16.5. The zero-order chi connectivity index (χ0) is 18.9. The molecule has 2 aromatic heterocycles. The normalized spacial score (nSPS) is 14.6. The van der Waals surface area contributed by atoms with Gasteiger partial charge in [0.25, 0.3) is 0 Å². The van der Waals surface area contributed by atoms with E-state index in [0.717, 1.165) is 39.4 Å². The fourth-order valence-corrected chi connectivity index (χ4v) is 4.03. The van der Waals surface area contributed by atoms with E-state index in [1.54, 1.807) is 0 Å². The summed E-state index contributed by atoms with van der Waals surface area (Å²) in [6.07, 6.45) is 4.95. The molecule has 0 aliphatic heterocycles. The topological polar surface area (TPSA) is 76.8 Å². The number of aromatic nitrogens is 3. The van der Waals surface area contributed by atoms with Crippen molar-refractivity contribution in [2.45, 2.75) is 31.6 Å². The minimum Gasteiger partial charge on any atom is -0.457 e. The highest BCUT2D eigenvalue weighted by Crippen LogP contribution is 2.38. The minimum absolute atomic E-state index is 0.486. The van der Waals surface area contributed by atoms with Gasteiger partial charge in [-0.3, -0.25) is 10.1 Å². The lowest BCUT2D eigenvalue weighted by Gasteiger charge is -2.12. The molecule has 0 amide bonds. The van der Waals surface area contributed by atoms with Gasteiger partial charge in [0.05, 0.1) is 16.6 Å². The maximum absolute atomic E-state index is 6.14. The van der Waals surface area contributed by atoms with Gasteiger partial charge in [0, 0.05) is 17.2 Å². The van der Waals surface area contributed by atoms with Crippen LogP contribution >= 0.6 is 0 Å². The fraction of sp³-hybridized carbons (Fsp3) is 0.217. The molecule has 2 aromatic carbocycles. The molecule has 0 radical (unpaired) electrons. The Morgan fingerprint density at radius 1 is 0.929 bits per heavy atom. The van der Waals surface area contributed by atoms with E-state index < -0.39 is 0 Å². The Kier molecular flexibility index (Phi) is 4.20. The van der Waals surface area contributed by atoms with Gasteiger partial charge in [-0.15, -0.1) is 0 Å². The number of fused-ring (bicyclic) bond motifs is 1. The molecule has 4 aromatic rings. The second-order valence-electron chi connectivity index (χ2n) is 7.35. The van der Waals surface area contributed by atoms with Crippen LogP contribution in [-0.4, -0.2) is 15.2 Å². The first-order valence-corrected chi connectivity index (χ1v) is 9.76. The monoisotopic (exact) mass is 370 g/mol. The van der Waals surface area contributed by atoms with Crippen LogP contribution in [0.1, 0.15) is 37.3 Å². The molecular formula is C23H22N4O. The lowest BCUT2D eigenvalue weighted by molar-refractivity contribution is 0.483. The quantitative estimate of drug-likeness (QED) is 0.486. The van der Waals surface area contributed by atoms with E-state index in [0.29, 0.717) is 11.7 Å². The molecule has 0 spiro atoms. The number of aromatic amines is 1. The molecule has 5 rings (SSSR count). The number of hydrogen-bond acceptors (Lipinski definition) is 4. The van der Waals surface area contributed by atoms with Crippen LogP contribution in [0, 0.1) is 0 Å². The Labute approximate surface area is 163 Å². The van der Waals surface area contributed by atoms with Crippen molar-refractivity contribution in [2.75, 3.05) is 5.73 Å². The average molecular weight is 370 g/mol. The maximum Gasteiger partial charge on any atom is 0.155 e. The number of nitrogens with one attached hydrogen (secondary N) is 1. The van der Waals surface area contributed by atoms with E-state index >= 15 is 0 Å². The van der Waals surface area contributed by atoms with Crippen molar-refractivity contribution < 1.29 is 4.74 Å². The fourth-order valence-electron chi connectivity index (χ4n) is 4.03. The number of para-hydroxylation sites is 1. The Bertz CT molecular complexity index is 1100. The molecule has 1 saturated carbocycles. The van der Waals surface area contributed by atoms with Crippen molar-refractivity contribution in [1.29, 1.82) is 0 Å². The lowest BCUT2D eigenvalue weighted by Crippen LogP contribution is -1.99. The van der Waals surface area contributed by atoms with Crippen molar-refractivity contribution in [3.8, 4) is 22.8 Å². The Hall–Kier alpha value is -3.34. The molecule has 1 aliphatic carbocycles. The Morgan fingerprint density at radius 2 is 1.64 bits per heavy atom. The van der Waals surface area contributed by atoms with Crippen LogP contribution in [0.5, 0.6) is 11.5 Å². The summed E-state index contributed by atoms with van der Waals surface area (Å²) in [7, 11) is 0. The van der Waals surface area contributed by atoms with Crippen LogP contribution < -0.4 is 10.5 Å². The summed E-state index contributed by atoms with van der Waals surface area (Å²) >= 11 is 0. The molecule has 28 heavy (non-hydrogen) atoms. The number of nitrogens with zero attached hydrogens (tertiary/aromatic N) is 2. The smallest absolute Gasteiger partial charge is 0.155 e. The number of nitrogen functional groups attached to an aromatic ring is 1. The molecule has 5 heteroatoms. The molecule has 0 bridgehead atoms. The number of H-pyrrole nitrogens is 1. The second-order valence-corrected chi connectivity index (χ2v) is 7.35. The maximum atomic E-state index is 6.14. The van der Waals surface area contributed by atoms with Crippen LogP contribution in [0.25, 0.3) is 22.2 Å². The molecule has 2 heterocycles. The summed E-state index contributed by atoms with van der Waals surface area (Å²) in [5.74, 6) is 2.62. The summed E-state index contributed by atoms with van der Waals surface area (Å²) in [5, 5.41) is 8.16. The first kappa shape index (κ1) is 16.8. The predicted molar refractivity (Wildman–Crippen MR) is 111 cm³/mol. The van der Waals surface area contributed by atoms with Gasteiger partial charge in [-0.05, 0) is 55.3 Å². The molecule has 0 saturated heterocycles. The Morgan fingerprint density at radius 3 is 2.39 bits per heavy atom. The van der Waals surface area contributed by atoms with E-state index in [-0.39, 0.29) is 0 Å². The molecule has 1 fully saturated rings. The Balaban J connectivity index is 1.53. The van der Waals surface area contributed by atoms with Crippen LogP contribution in [0.3, 0.4) is 0 Å². The summed E-state index contributed by atoms with van der Waals surface area (Å²) in [6, 6.07) is 19.9. The highest BCUT2D eigenvalue weighted by molar-refractivity contribution is 6.00. The molecule has 3 N–H and O–H groups in total. The summed E-state index contributed by atoms with van der Waals surface area (Å²) in [5.41, 5.74) is 10.1. The largest absolute Gasteiger partial charge is 0.457 e. The van der Waals surface area contributed by atoms with E-state index in [9.17, 15) is 0 Å². The van der Waals surface area contributed by atoms with Crippen molar-refractivity contribution in [1.82, 2.24) is 15.2 Å². The van der Waals surface area contributed by atoms with Crippen molar-refractivity contribution in [3.63, 3.8) is 0 Å². The lowest BCUT2D eigenvalue weighted by atomic mass is 10.00. The second kappa shape index (κ2) is 7.00. The van der Waals surface area contributed by atoms with E-state index in [1.807, 2.05) is 54.6 Å². The number of rotatable bonds is 4. The molecular weight excluding hydrogens is 348 g/mol. The zero-order valence-corrected chi connectivity index (χ0v) is 15.6. The molecule has 140 valence electrons. The summed E-state index contributed by atoms with van der Waals surface area (Å²) < 4.78 is 5.91.